The highest BCUT2D eigenvalue weighted by Gasteiger charge is 2.12. The zero-order chi connectivity index (χ0) is 17.6. The molecule has 0 aliphatic rings. The van der Waals surface area contributed by atoms with Crippen LogP contribution in [0.2, 0.25) is 0 Å². The fourth-order valence-corrected chi connectivity index (χ4v) is 3.87. The van der Waals surface area contributed by atoms with E-state index in [1.54, 1.807) is 11.3 Å². The number of thioether (sulfide) groups is 1. The number of hydrogen-bond acceptors (Lipinski definition) is 5. The molecule has 0 aliphatic carbocycles. The molecule has 0 aliphatic heterocycles. The van der Waals surface area contributed by atoms with Crippen molar-refractivity contribution in [1.29, 1.82) is 0 Å². The summed E-state index contributed by atoms with van der Waals surface area (Å²) in [5, 5.41) is 6.83. The molecule has 3 rings (SSSR count). The number of nitrogens with zero attached hydrogens (tertiary/aromatic N) is 2. The van der Waals surface area contributed by atoms with Gasteiger partial charge in [-0.25, -0.2) is 9.97 Å². The number of nitrogens with one attached hydrogen (secondary N) is 1. The molecule has 0 bridgehead atoms. The second-order valence-corrected chi connectivity index (χ2v) is 8.08. The zero-order valence-corrected chi connectivity index (χ0v) is 16.0. The molecule has 25 heavy (non-hydrogen) atoms. The van der Waals surface area contributed by atoms with Crippen LogP contribution in [-0.4, -0.2) is 28.2 Å². The van der Waals surface area contributed by atoms with Gasteiger partial charge in [0, 0.05) is 11.9 Å². The van der Waals surface area contributed by atoms with Gasteiger partial charge < -0.3 is 5.32 Å². The van der Waals surface area contributed by atoms with E-state index >= 15 is 0 Å². The van der Waals surface area contributed by atoms with Crippen LogP contribution in [0.5, 0.6) is 0 Å². The number of thiophene rings is 1. The molecule has 4 nitrogen and oxygen atoms in total. The third kappa shape index (κ3) is 4.80. The van der Waals surface area contributed by atoms with Gasteiger partial charge in [-0.2, -0.15) is 0 Å². The SMILES string of the molecule is CC(C)CCNC(=O)CSc1nc(-c2cccs2)nc2ccccc12. The molecule has 0 fully saturated rings. The van der Waals surface area contributed by atoms with Gasteiger partial charge in [0.1, 0.15) is 5.03 Å². The maximum absolute atomic E-state index is 12.1. The number of para-hydroxylation sites is 1. The van der Waals surface area contributed by atoms with Crippen LogP contribution >= 0.6 is 23.1 Å². The van der Waals surface area contributed by atoms with Crippen molar-refractivity contribution in [2.45, 2.75) is 25.3 Å². The van der Waals surface area contributed by atoms with Gasteiger partial charge in [-0.3, -0.25) is 4.79 Å². The summed E-state index contributed by atoms with van der Waals surface area (Å²) < 4.78 is 0. The van der Waals surface area contributed by atoms with Gasteiger partial charge >= 0.3 is 0 Å². The third-order valence-electron chi connectivity index (χ3n) is 3.69. The molecular formula is C19H21N3OS2. The van der Waals surface area contributed by atoms with E-state index in [1.165, 1.54) is 11.8 Å². The average Bonchev–Trinajstić information content (AvgIpc) is 3.13. The van der Waals surface area contributed by atoms with E-state index in [-0.39, 0.29) is 5.91 Å². The van der Waals surface area contributed by atoms with E-state index in [1.807, 2.05) is 41.8 Å². The number of benzene rings is 1. The normalized spacial score (nSPS) is 11.2. The van der Waals surface area contributed by atoms with E-state index in [9.17, 15) is 4.79 Å². The van der Waals surface area contributed by atoms with Gasteiger partial charge in [0.15, 0.2) is 5.82 Å². The van der Waals surface area contributed by atoms with Crippen LogP contribution in [0.15, 0.2) is 46.8 Å². The van der Waals surface area contributed by atoms with Crippen LogP contribution < -0.4 is 5.32 Å². The van der Waals surface area contributed by atoms with Crippen molar-refractivity contribution in [3.63, 3.8) is 0 Å². The van der Waals surface area contributed by atoms with Crippen LogP contribution in [0.3, 0.4) is 0 Å². The Balaban J connectivity index is 1.77. The molecule has 6 heteroatoms. The molecule has 1 amide bonds. The molecule has 3 aromatic rings. The molecule has 1 aromatic carbocycles. The Morgan fingerprint density at radius 3 is 2.80 bits per heavy atom. The number of aromatic nitrogens is 2. The lowest BCUT2D eigenvalue weighted by Crippen LogP contribution is -2.26. The number of hydrogen-bond donors (Lipinski definition) is 1. The van der Waals surface area contributed by atoms with E-state index < -0.39 is 0 Å². The summed E-state index contributed by atoms with van der Waals surface area (Å²) in [5.74, 6) is 1.72. The first kappa shape index (κ1) is 17.9. The Morgan fingerprint density at radius 1 is 1.20 bits per heavy atom. The fourth-order valence-electron chi connectivity index (χ4n) is 2.36. The summed E-state index contributed by atoms with van der Waals surface area (Å²) >= 11 is 3.09. The Labute approximate surface area is 156 Å². The maximum atomic E-state index is 12.1. The lowest BCUT2D eigenvalue weighted by molar-refractivity contribution is -0.118. The highest BCUT2D eigenvalue weighted by molar-refractivity contribution is 8.00. The number of carbonyl (C=O) groups is 1. The van der Waals surface area contributed by atoms with E-state index in [4.69, 9.17) is 4.98 Å². The molecule has 0 spiro atoms. The van der Waals surface area contributed by atoms with Crippen molar-refractivity contribution < 1.29 is 4.79 Å². The molecule has 0 saturated carbocycles. The lowest BCUT2D eigenvalue weighted by Gasteiger charge is -2.09. The van der Waals surface area contributed by atoms with Crippen LogP contribution in [0.25, 0.3) is 21.6 Å². The van der Waals surface area contributed by atoms with Crippen LogP contribution in [0.4, 0.5) is 0 Å². The fraction of sp³-hybridized carbons (Fsp3) is 0.316. The highest BCUT2D eigenvalue weighted by Crippen LogP contribution is 2.29. The predicted octanol–water partition coefficient (Wildman–Crippen LogP) is 4.61. The van der Waals surface area contributed by atoms with Gasteiger partial charge in [-0.1, -0.05) is 49.9 Å². The summed E-state index contributed by atoms with van der Waals surface area (Å²) in [6.07, 6.45) is 0.995. The summed E-state index contributed by atoms with van der Waals surface area (Å²) in [4.78, 5) is 22.5. The van der Waals surface area contributed by atoms with Gasteiger partial charge in [0.2, 0.25) is 5.91 Å². The molecule has 0 saturated heterocycles. The Hall–Kier alpha value is -1.92. The standard InChI is InChI=1S/C19H21N3OS2/c1-13(2)9-10-20-17(23)12-25-19-14-6-3-4-7-15(14)21-18(22-19)16-8-5-11-24-16/h3-8,11,13H,9-10,12H2,1-2H3,(H,20,23). The Kier molecular flexibility index (Phi) is 6.04. The second kappa shape index (κ2) is 8.45. The largest absolute Gasteiger partial charge is 0.355 e. The van der Waals surface area contributed by atoms with Crippen LogP contribution in [0, 0.1) is 5.92 Å². The molecule has 0 radical (unpaired) electrons. The van der Waals surface area contributed by atoms with Gasteiger partial charge in [0.05, 0.1) is 16.1 Å². The summed E-state index contributed by atoms with van der Waals surface area (Å²) in [6.45, 7) is 5.03. The van der Waals surface area contributed by atoms with Crippen LogP contribution in [-0.2, 0) is 4.79 Å². The first-order chi connectivity index (χ1) is 12.1. The molecular weight excluding hydrogens is 350 g/mol. The van der Waals surface area contributed by atoms with Crippen molar-refractivity contribution in [2.24, 2.45) is 5.92 Å². The van der Waals surface area contributed by atoms with Crippen molar-refractivity contribution in [2.75, 3.05) is 12.3 Å². The summed E-state index contributed by atoms with van der Waals surface area (Å²) in [6, 6.07) is 12.0. The number of amides is 1. The Bertz CT molecular complexity index is 847. The minimum Gasteiger partial charge on any atom is -0.355 e. The first-order valence-electron chi connectivity index (χ1n) is 8.33. The number of rotatable bonds is 7. The number of fused-ring (bicyclic) bond motifs is 1. The molecule has 2 aromatic heterocycles. The average molecular weight is 372 g/mol. The topological polar surface area (TPSA) is 54.9 Å². The van der Waals surface area contributed by atoms with Crippen molar-refractivity contribution >= 4 is 39.9 Å². The second-order valence-electron chi connectivity index (χ2n) is 6.17. The first-order valence-corrected chi connectivity index (χ1v) is 10.2. The van der Waals surface area contributed by atoms with Gasteiger partial charge in [0.25, 0.3) is 0 Å². The third-order valence-corrected chi connectivity index (χ3v) is 5.55. The monoisotopic (exact) mass is 371 g/mol. The quantitative estimate of drug-likeness (QED) is 0.487. The smallest absolute Gasteiger partial charge is 0.230 e. The van der Waals surface area contributed by atoms with Crippen molar-refractivity contribution in [3.05, 3.63) is 41.8 Å². The highest BCUT2D eigenvalue weighted by atomic mass is 32.2. The maximum Gasteiger partial charge on any atom is 0.230 e. The minimum absolute atomic E-state index is 0.0472. The van der Waals surface area contributed by atoms with Gasteiger partial charge in [-0.05, 0) is 29.9 Å². The minimum atomic E-state index is 0.0472. The Morgan fingerprint density at radius 2 is 2.04 bits per heavy atom. The van der Waals surface area contributed by atoms with Gasteiger partial charge in [-0.15, -0.1) is 11.3 Å². The lowest BCUT2D eigenvalue weighted by atomic mass is 10.1. The van der Waals surface area contributed by atoms with E-state index in [0.717, 1.165) is 39.6 Å². The van der Waals surface area contributed by atoms with Crippen molar-refractivity contribution in [3.8, 4) is 10.7 Å². The van der Waals surface area contributed by atoms with Crippen LogP contribution in [0.1, 0.15) is 20.3 Å². The summed E-state index contributed by atoms with van der Waals surface area (Å²) in [7, 11) is 0. The summed E-state index contributed by atoms with van der Waals surface area (Å²) in [5.41, 5.74) is 0.906. The zero-order valence-electron chi connectivity index (χ0n) is 14.4. The molecule has 1 N–H and O–H groups in total. The van der Waals surface area contributed by atoms with E-state index in [0.29, 0.717) is 11.7 Å². The molecule has 0 atom stereocenters. The molecule has 2 heterocycles. The van der Waals surface area contributed by atoms with Crippen molar-refractivity contribution in [1.82, 2.24) is 15.3 Å². The van der Waals surface area contributed by atoms with E-state index in [2.05, 4.69) is 24.1 Å². The number of carbonyl (C=O) groups excluding carboxylic acids is 1. The molecule has 130 valence electrons. The predicted molar refractivity (Wildman–Crippen MR) is 106 cm³/mol. The molecule has 0 unspecified atom stereocenters.